The first-order valence-electron chi connectivity index (χ1n) is 10.1. The topological polar surface area (TPSA) is 113 Å². The average Bonchev–Trinajstić information content (AvgIpc) is 2.78. The van der Waals surface area contributed by atoms with Gasteiger partial charge in [0, 0.05) is 36.1 Å². The van der Waals surface area contributed by atoms with Crippen molar-refractivity contribution in [3.63, 3.8) is 0 Å². The molecular weight excluding hydrogens is 496 g/mol. The largest absolute Gasteiger partial charge is 0.352 e. The Labute approximate surface area is 196 Å². The van der Waals surface area contributed by atoms with Crippen LogP contribution in [0.4, 0.5) is 4.79 Å². The zero-order valence-electron chi connectivity index (χ0n) is 17.4. The van der Waals surface area contributed by atoms with E-state index in [1.165, 1.54) is 9.71 Å². The molecule has 170 valence electrons. The van der Waals surface area contributed by atoms with Gasteiger partial charge in [0.15, 0.2) is 0 Å². The third-order valence-corrected chi connectivity index (χ3v) is 7.19. The summed E-state index contributed by atoms with van der Waals surface area (Å²) in [6.07, 6.45) is 1.59. The molecule has 32 heavy (non-hydrogen) atoms. The maximum absolute atomic E-state index is 12.9. The standard InChI is InChI=1S/C22H25BrN4O4S/c23-19-8-4-7-18(15-19)20(25-22(24)29)16-21(28)26-10-12-27(13-11-26)32(30,31)14-9-17-5-2-1-3-6-17/h1-9,14-15,20H,10-13,16H2,(H3,24,25,29). The number of carbonyl (C=O) groups excluding carboxylic acids is 2. The highest BCUT2D eigenvalue weighted by Gasteiger charge is 2.29. The number of carbonyl (C=O) groups is 2. The number of primary amides is 1. The van der Waals surface area contributed by atoms with Crippen LogP contribution < -0.4 is 11.1 Å². The van der Waals surface area contributed by atoms with Crippen LogP contribution in [-0.2, 0) is 14.8 Å². The molecule has 1 atom stereocenters. The van der Waals surface area contributed by atoms with E-state index in [1.807, 2.05) is 54.6 Å². The summed E-state index contributed by atoms with van der Waals surface area (Å²) in [5.74, 6) is -0.180. The molecule has 0 saturated carbocycles. The molecule has 8 nitrogen and oxygen atoms in total. The van der Waals surface area contributed by atoms with Crippen molar-refractivity contribution in [3.05, 3.63) is 75.6 Å². The first kappa shape index (κ1) is 24.0. The number of sulfonamides is 1. The van der Waals surface area contributed by atoms with E-state index in [0.29, 0.717) is 0 Å². The van der Waals surface area contributed by atoms with E-state index in [1.54, 1.807) is 11.0 Å². The van der Waals surface area contributed by atoms with Gasteiger partial charge in [0.2, 0.25) is 15.9 Å². The van der Waals surface area contributed by atoms with Crippen molar-refractivity contribution in [2.24, 2.45) is 5.73 Å². The molecule has 1 unspecified atom stereocenters. The van der Waals surface area contributed by atoms with E-state index in [-0.39, 0.29) is 38.5 Å². The van der Waals surface area contributed by atoms with Crippen LogP contribution in [0.25, 0.3) is 6.08 Å². The molecule has 3 N–H and O–H groups in total. The minimum absolute atomic E-state index is 0.0278. The number of rotatable bonds is 7. The molecule has 0 bridgehead atoms. The van der Waals surface area contributed by atoms with Crippen molar-refractivity contribution < 1.29 is 18.0 Å². The minimum Gasteiger partial charge on any atom is -0.352 e. The molecule has 10 heteroatoms. The van der Waals surface area contributed by atoms with Crippen molar-refractivity contribution in [2.75, 3.05) is 26.2 Å². The fraction of sp³-hybridized carbons (Fsp3) is 0.273. The Balaban J connectivity index is 1.60. The van der Waals surface area contributed by atoms with E-state index in [2.05, 4.69) is 21.2 Å². The Morgan fingerprint density at radius 3 is 2.38 bits per heavy atom. The Morgan fingerprint density at radius 1 is 1.06 bits per heavy atom. The number of nitrogens with zero attached hydrogens (tertiary/aromatic N) is 2. The highest BCUT2D eigenvalue weighted by atomic mass is 79.9. The molecule has 1 fully saturated rings. The van der Waals surface area contributed by atoms with Gasteiger partial charge in [-0.2, -0.15) is 4.31 Å². The highest BCUT2D eigenvalue weighted by molar-refractivity contribution is 9.10. The number of halogens is 1. The van der Waals surface area contributed by atoms with Crippen molar-refractivity contribution in [1.82, 2.24) is 14.5 Å². The predicted octanol–water partition coefficient (Wildman–Crippen LogP) is 2.69. The average molecular weight is 521 g/mol. The van der Waals surface area contributed by atoms with Crippen molar-refractivity contribution in [1.29, 1.82) is 0 Å². The van der Waals surface area contributed by atoms with Crippen LogP contribution in [0, 0.1) is 0 Å². The normalized spacial score (nSPS) is 16.1. The number of hydrogen-bond acceptors (Lipinski definition) is 4. The number of amides is 3. The number of piperazine rings is 1. The molecule has 2 aromatic rings. The van der Waals surface area contributed by atoms with Gasteiger partial charge in [-0.1, -0.05) is 58.4 Å². The lowest BCUT2D eigenvalue weighted by Gasteiger charge is -2.34. The van der Waals surface area contributed by atoms with Gasteiger partial charge in [0.05, 0.1) is 12.5 Å². The van der Waals surface area contributed by atoms with Crippen LogP contribution in [0.15, 0.2) is 64.5 Å². The summed E-state index contributed by atoms with van der Waals surface area (Å²) in [5, 5.41) is 3.81. The second-order valence-corrected chi connectivity index (χ2v) is 10.1. The summed E-state index contributed by atoms with van der Waals surface area (Å²) >= 11 is 3.38. The Morgan fingerprint density at radius 2 is 1.75 bits per heavy atom. The molecular formula is C22H25BrN4O4S. The summed E-state index contributed by atoms with van der Waals surface area (Å²) in [7, 11) is -3.58. The predicted molar refractivity (Wildman–Crippen MR) is 127 cm³/mol. The molecule has 1 heterocycles. The van der Waals surface area contributed by atoms with Crippen LogP contribution >= 0.6 is 15.9 Å². The molecule has 2 aromatic carbocycles. The summed E-state index contributed by atoms with van der Waals surface area (Å²) in [5.41, 5.74) is 6.84. The van der Waals surface area contributed by atoms with E-state index in [0.717, 1.165) is 15.6 Å². The lowest BCUT2D eigenvalue weighted by molar-refractivity contribution is -0.132. The Bertz CT molecular complexity index is 1080. The maximum atomic E-state index is 12.9. The Hall–Kier alpha value is -2.69. The van der Waals surface area contributed by atoms with E-state index >= 15 is 0 Å². The molecule has 0 spiro atoms. The molecule has 3 rings (SSSR count). The molecule has 1 aliphatic heterocycles. The van der Waals surface area contributed by atoms with Gasteiger partial charge in [0.1, 0.15) is 0 Å². The van der Waals surface area contributed by atoms with Crippen LogP contribution in [0.2, 0.25) is 0 Å². The van der Waals surface area contributed by atoms with E-state index < -0.39 is 22.1 Å². The fourth-order valence-electron chi connectivity index (χ4n) is 3.46. The van der Waals surface area contributed by atoms with E-state index in [4.69, 9.17) is 5.73 Å². The monoisotopic (exact) mass is 520 g/mol. The molecule has 0 radical (unpaired) electrons. The molecule has 1 aliphatic rings. The minimum atomic E-state index is -3.58. The third kappa shape index (κ3) is 6.65. The second kappa shape index (κ2) is 10.8. The lowest BCUT2D eigenvalue weighted by Crippen LogP contribution is -2.50. The SMILES string of the molecule is NC(=O)NC(CC(=O)N1CCN(S(=O)(=O)C=Cc2ccccc2)CC1)c1cccc(Br)c1. The van der Waals surface area contributed by atoms with Crippen LogP contribution in [0.3, 0.4) is 0 Å². The summed E-state index contributed by atoms with van der Waals surface area (Å²) in [6.45, 7) is 0.966. The van der Waals surface area contributed by atoms with Crippen molar-refractivity contribution >= 4 is 44.0 Å². The highest BCUT2D eigenvalue weighted by Crippen LogP contribution is 2.22. The zero-order valence-corrected chi connectivity index (χ0v) is 19.8. The van der Waals surface area contributed by atoms with Crippen molar-refractivity contribution in [3.8, 4) is 0 Å². The molecule has 0 aliphatic carbocycles. The number of nitrogens with one attached hydrogen (secondary N) is 1. The molecule has 3 amide bonds. The third-order valence-electron chi connectivity index (χ3n) is 5.13. The smallest absolute Gasteiger partial charge is 0.312 e. The van der Waals surface area contributed by atoms with E-state index in [9.17, 15) is 18.0 Å². The van der Waals surface area contributed by atoms with Crippen LogP contribution in [0.5, 0.6) is 0 Å². The number of hydrogen-bond donors (Lipinski definition) is 2. The van der Waals surface area contributed by atoms with Gasteiger partial charge in [-0.25, -0.2) is 13.2 Å². The second-order valence-electron chi connectivity index (χ2n) is 7.36. The number of nitrogens with two attached hydrogens (primary N) is 1. The van der Waals surface area contributed by atoms with Gasteiger partial charge >= 0.3 is 6.03 Å². The first-order valence-corrected chi connectivity index (χ1v) is 12.4. The van der Waals surface area contributed by atoms with Crippen molar-refractivity contribution in [2.45, 2.75) is 12.5 Å². The molecule has 0 aromatic heterocycles. The van der Waals surface area contributed by atoms with Gasteiger partial charge < -0.3 is 16.0 Å². The molecule has 1 saturated heterocycles. The Kier molecular flexibility index (Phi) is 8.05. The summed E-state index contributed by atoms with van der Waals surface area (Å²) < 4.78 is 27.4. The number of urea groups is 1. The summed E-state index contributed by atoms with van der Waals surface area (Å²) in [4.78, 5) is 25.9. The van der Waals surface area contributed by atoms with Gasteiger partial charge in [-0.05, 0) is 29.3 Å². The quantitative estimate of drug-likeness (QED) is 0.584. The van der Waals surface area contributed by atoms with Crippen LogP contribution in [0.1, 0.15) is 23.6 Å². The van der Waals surface area contributed by atoms with Gasteiger partial charge in [-0.3, -0.25) is 4.79 Å². The number of benzene rings is 2. The fourth-order valence-corrected chi connectivity index (χ4v) is 5.05. The first-order chi connectivity index (χ1) is 15.2. The maximum Gasteiger partial charge on any atom is 0.312 e. The van der Waals surface area contributed by atoms with Gasteiger partial charge in [0.25, 0.3) is 0 Å². The summed E-state index contributed by atoms with van der Waals surface area (Å²) in [6, 6.07) is 15.2. The van der Waals surface area contributed by atoms with Crippen LogP contribution in [-0.4, -0.2) is 55.7 Å². The zero-order chi connectivity index (χ0) is 23.1. The van der Waals surface area contributed by atoms with Gasteiger partial charge in [-0.15, -0.1) is 0 Å². The lowest BCUT2D eigenvalue weighted by atomic mass is 10.0.